The zero-order valence-electron chi connectivity index (χ0n) is 8.32. The average Bonchev–Trinajstić information content (AvgIpc) is 2.10. The maximum absolute atomic E-state index is 12.1. The van der Waals surface area contributed by atoms with E-state index >= 15 is 0 Å². The summed E-state index contributed by atoms with van der Waals surface area (Å²) in [5.41, 5.74) is 1.90. The number of hydrogen-bond donors (Lipinski definition) is 0. The maximum atomic E-state index is 12.1. The van der Waals surface area contributed by atoms with Crippen LogP contribution in [0, 0.1) is 0 Å². The van der Waals surface area contributed by atoms with E-state index in [0.29, 0.717) is 0 Å². The standard InChI is InChI=1S/C8H10F6OSi/c1-4-16(3,5-2)15-6(7(9,10)11)8(12,13)14/h4-6H,1-2H2,3H3. The van der Waals surface area contributed by atoms with Gasteiger partial charge in [0.05, 0.1) is 0 Å². The van der Waals surface area contributed by atoms with Crippen molar-refractivity contribution in [2.24, 2.45) is 0 Å². The van der Waals surface area contributed by atoms with Gasteiger partial charge in [-0.25, -0.2) is 0 Å². The van der Waals surface area contributed by atoms with Crippen LogP contribution in [0.2, 0.25) is 6.55 Å². The Morgan fingerprint density at radius 1 is 1.00 bits per heavy atom. The lowest BCUT2D eigenvalue weighted by Crippen LogP contribution is -2.50. The van der Waals surface area contributed by atoms with Crippen molar-refractivity contribution in [1.29, 1.82) is 0 Å². The molecule has 0 aliphatic rings. The highest BCUT2D eigenvalue weighted by Gasteiger charge is 2.59. The van der Waals surface area contributed by atoms with Gasteiger partial charge < -0.3 is 4.43 Å². The van der Waals surface area contributed by atoms with E-state index in [9.17, 15) is 26.3 Å². The first-order valence-corrected chi connectivity index (χ1v) is 6.61. The molecule has 1 nitrogen and oxygen atoms in total. The lowest BCUT2D eigenvalue weighted by molar-refractivity contribution is -0.302. The summed E-state index contributed by atoms with van der Waals surface area (Å²) in [6.07, 6.45) is -14.8. The monoisotopic (exact) mass is 264 g/mol. The van der Waals surface area contributed by atoms with E-state index in [1.807, 2.05) is 0 Å². The predicted molar refractivity (Wildman–Crippen MR) is 49.0 cm³/mol. The van der Waals surface area contributed by atoms with Crippen LogP contribution in [0.1, 0.15) is 0 Å². The molecule has 0 amide bonds. The summed E-state index contributed by atoms with van der Waals surface area (Å²) in [6.45, 7) is 7.44. The Labute approximate surface area is 89.5 Å². The molecule has 0 radical (unpaired) electrons. The van der Waals surface area contributed by atoms with Crippen molar-refractivity contribution >= 4 is 8.32 Å². The highest BCUT2D eigenvalue weighted by molar-refractivity contribution is 6.82. The van der Waals surface area contributed by atoms with Crippen molar-refractivity contribution in [3.05, 3.63) is 24.6 Å². The molecule has 0 aromatic heterocycles. The smallest absolute Gasteiger partial charge is 0.391 e. The van der Waals surface area contributed by atoms with Crippen molar-refractivity contribution in [2.45, 2.75) is 25.0 Å². The van der Waals surface area contributed by atoms with Crippen LogP contribution in [0.4, 0.5) is 26.3 Å². The van der Waals surface area contributed by atoms with Gasteiger partial charge >= 0.3 is 12.4 Å². The highest BCUT2D eigenvalue weighted by atomic mass is 28.4. The van der Waals surface area contributed by atoms with Gasteiger partial charge in [-0.05, 0) is 6.55 Å². The molecular weight excluding hydrogens is 254 g/mol. The van der Waals surface area contributed by atoms with Gasteiger partial charge in [-0.2, -0.15) is 26.3 Å². The van der Waals surface area contributed by atoms with Crippen molar-refractivity contribution < 1.29 is 30.8 Å². The second-order valence-corrected chi connectivity index (χ2v) is 6.59. The summed E-state index contributed by atoms with van der Waals surface area (Å²) in [6, 6.07) is 0. The normalized spacial score (nSPS) is 14.0. The van der Waals surface area contributed by atoms with Crippen LogP contribution in [0.15, 0.2) is 24.6 Å². The molecule has 0 atom stereocenters. The summed E-state index contributed by atoms with van der Waals surface area (Å²) in [4.78, 5) is 0. The molecule has 0 aliphatic heterocycles. The Kier molecular flexibility index (Phi) is 4.40. The zero-order valence-corrected chi connectivity index (χ0v) is 9.32. The van der Waals surface area contributed by atoms with Crippen LogP contribution < -0.4 is 0 Å². The first kappa shape index (κ1) is 15.2. The van der Waals surface area contributed by atoms with Crippen LogP contribution in [-0.4, -0.2) is 26.8 Å². The number of alkyl halides is 6. The minimum absolute atomic E-state index is 0.949. The van der Waals surface area contributed by atoms with Gasteiger partial charge in [-0.1, -0.05) is 11.4 Å². The topological polar surface area (TPSA) is 9.23 Å². The lowest BCUT2D eigenvalue weighted by Gasteiger charge is -2.30. The SMILES string of the molecule is C=C[Si](C)(C=C)OC(C(F)(F)F)C(F)(F)F. The summed E-state index contributed by atoms with van der Waals surface area (Å²) in [5, 5.41) is 0. The molecule has 0 aromatic rings. The van der Waals surface area contributed by atoms with E-state index < -0.39 is 26.8 Å². The Balaban J connectivity index is 5.11. The van der Waals surface area contributed by atoms with Gasteiger partial charge in [-0.15, -0.1) is 13.2 Å². The highest BCUT2D eigenvalue weighted by Crippen LogP contribution is 2.37. The van der Waals surface area contributed by atoms with Crippen molar-refractivity contribution in [1.82, 2.24) is 0 Å². The van der Waals surface area contributed by atoms with Gasteiger partial charge in [-0.3, -0.25) is 0 Å². The number of rotatable bonds is 4. The van der Waals surface area contributed by atoms with Crippen LogP contribution in [-0.2, 0) is 4.43 Å². The molecule has 0 aliphatic carbocycles. The maximum Gasteiger partial charge on any atom is 0.422 e. The molecule has 0 spiro atoms. The quantitative estimate of drug-likeness (QED) is 0.557. The third-order valence-corrected chi connectivity index (χ3v) is 4.14. The van der Waals surface area contributed by atoms with Crippen molar-refractivity contribution in [2.75, 3.05) is 0 Å². The Morgan fingerprint density at radius 3 is 1.50 bits per heavy atom. The molecule has 0 unspecified atom stereocenters. The van der Waals surface area contributed by atoms with E-state index in [2.05, 4.69) is 17.6 Å². The molecule has 0 fully saturated rings. The molecule has 0 aromatic carbocycles. The van der Waals surface area contributed by atoms with Crippen LogP contribution >= 0.6 is 0 Å². The van der Waals surface area contributed by atoms with Crippen LogP contribution in [0.25, 0.3) is 0 Å². The molecule has 16 heavy (non-hydrogen) atoms. The third kappa shape index (κ3) is 4.01. The van der Waals surface area contributed by atoms with Gasteiger partial charge in [0.15, 0.2) is 0 Å². The van der Waals surface area contributed by atoms with Gasteiger partial charge in [0.1, 0.15) is 0 Å². The molecule has 0 rings (SSSR count). The first-order chi connectivity index (χ1) is 6.96. The largest absolute Gasteiger partial charge is 0.422 e. The fraction of sp³-hybridized carbons (Fsp3) is 0.500. The molecule has 0 N–H and O–H groups in total. The van der Waals surface area contributed by atoms with Crippen LogP contribution in [0.5, 0.6) is 0 Å². The summed E-state index contributed by atoms with van der Waals surface area (Å²) < 4.78 is 76.9. The minimum atomic E-state index is -5.50. The molecular formula is C8H10F6OSi. The van der Waals surface area contributed by atoms with E-state index in [-0.39, 0.29) is 0 Å². The molecule has 8 heteroatoms. The summed E-state index contributed by atoms with van der Waals surface area (Å²) >= 11 is 0. The lowest BCUT2D eigenvalue weighted by atomic mass is 10.3. The van der Waals surface area contributed by atoms with E-state index in [1.54, 1.807) is 0 Å². The van der Waals surface area contributed by atoms with E-state index in [1.165, 1.54) is 0 Å². The second-order valence-electron chi connectivity index (χ2n) is 3.17. The first-order valence-electron chi connectivity index (χ1n) is 4.04. The third-order valence-electron chi connectivity index (χ3n) is 1.78. The van der Waals surface area contributed by atoms with Gasteiger partial charge in [0, 0.05) is 0 Å². The van der Waals surface area contributed by atoms with Gasteiger partial charge in [0.25, 0.3) is 0 Å². The molecule has 0 bridgehead atoms. The summed E-state index contributed by atoms with van der Waals surface area (Å²) in [5.74, 6) is 0. The fourth-order valence-electron chi connectivity index (χ4n) is 0.753. The molecule has 0 saturated carbocycles. The fourth-order valence-corrected chi connectivity index (χ4v) is 1.89. The predicted octanol–water partition coefficient (Wildman–Crippen LogP) is 3.52. The number of halogens is 6. The molecule has 0 saturated heterocycles. The molecule has 94 valence electrons. The van der Waals surface area contributed by atoms with Crippen LogP contribution in [0.3, 0.4) is 0 Å². The number of hydrogen-bond acceptors (Lipinski definition) is 1. The molecule has 0 heterocycles. The van der Waals surface area contributed by atoms with Gasteiger partial charge in [0.2, 0.25) is 14.4 Å². The van der Waals surface area contributed by atoms with Crippen molar-refractivity contribution in [3.8, 4) is 0 Å². The zero-order chi connectivity index (χ0) is 13.2. The summed E-state index contributed by atoms with van der Waals surface area (Å²) in [7, 11) is -3.39. The average molecular weight is 264 g/mol. The Morgan fingerprint density at radius 2 is 1.31 bits per heavy atom. The minimum Gasteiger partial charge on any atom is -0.391 e. The second kappa shape index (κ2) is 4.62. The Hall–Kier alpha value is -0.763. The van der Waals surface area contributed by atoms with E-state index in [4.69, 9.17) is 0 Å². The van der Waals surface area contributed by atoms with E-state index in [0.717, 1.165) is 17.9 Å². The Bertz CT molecular complexity index is 247. The van der Waals surface area contributed by atoms with Crippen molar-refractivity contribution in [3.63, 3.8) is 0 Å².